The van der Waals surface area contributed by atoms with Gasteiger partial charge in [0.15, 0.2) is 0 Å². The van der Waals surface area contributed by atoms with Crippen LogP contribution in [0, 0.1) is 0 Å². The summed E-state index contributed by atoms with van der Waals surface area (Å²) >= 11 is 1.74. The fraction of sp³-hybridized carbons (Fsp3) is 0.0588. The van der Waals surface area contributed by atoms with Gasteiger partial charge < -0.3 is 0 Å². The standard InChI is InChI=1S/C17H13NO2S2/c1-22(19,20)18-15-10-14-12-7-4-5-9-16(12)21-17(14)13-8-3-2-6-11(13)15/h2-10,18H,1H3. The van der Waals surface area contributed by atoms with E-state index in [1.165, 1.54) is 15.7 Å². The van der Waals surface area contributed by atoms with E-state index in [9.17, 15) is 8.42 Å². The van der Waals surface area contributed by atoms with Crippen LogP contribution in [0.2, 0.25) is 0 Å². The molecule has 0 aliphatic carbocycles. The second kappa shape index (κ2) is 4.69. The highest BCUT2D eigenvalue weighted by atomic mass is 32.2. The molecular formula is C17H13NO2S2. The minimum atomic E-state index is -3.32. The first-order chi connectivity index (χ1) is 10.5. The molecule has 1 aromatic heterocycles. The molecular weight excluding hydrogens is 314 g/mol. The van der Waals surface area contributed by atoms with Gasteiger partial charge >= 0.3 is 0 Å². The third kappa shape index (κ3) is 2.14. The quantitative estimate of drug-likeness (QED) is 0.586. The summed E-state index contributed by atoms with van der Waals surface area (Å²) in [4.78, 5) is 0. The maximum atomic E-state index is 11.7. The summed E-state index contributed by atoms with van der Waals surface area (Å²) in [5.41, 5.74) is 0.633. The predicted octanol–water partition coefficient (Wildman–Crippen LogP) is 4.58. The lowest BCUT2D eigenvalue weighted by Crippen LogP contribution is -2.09. The molecule has 1 heterocycles. The lowest BCUT2D eigenvalue weighted by atomic mass is 10.0. The summed E-state index contributed by atoms with van der Waals surface area (Å²) in [6, 6.07) is 18.0. The van der Waals surface area contributed by atoms with Gasteiger partial charge in [-0.1, -0.05) is 42.5 Å². The van der Waals surface area contributed by atoms with Crippen LogP contribution in [0.25, 0.3) is 30.9 Å². The Kier molecular flexibility index (Phi) is 2.89. The van der Waals surface area contributed by atoms with E-state index in [1.807, 2.05) is 42.5 Å². The number of hydrogen-bond acceptors (Lipinski definition) is 3. The number of rotatable bonds is 2. The van der Waals surface area contributed by atoms with Crippen LogP contribution in [0.3, 0.4) is 0 Å². The summed E-state index contributed by atoms with van der Waals surface area (Å²) in [6.45, 7) is 0. The van der Waals surface area contributed by atoms with E-state index in [4.69, 9.17) is 0 Å². The molecule has 3 nitrogen and oxygen atoms in total. The van der Waals surface area contributed by atoms with Gasteiger partial charge in [-0.25, -0.2) is 8.42 Å². The maximum Gasteiger partial charge on any atom is 0.229 e. The van der Waals surface area contributed by atoms with Gasteiger partial charge in [0.1, 0.15) is 0 Å². The fourth-order valence-corrected chi connectivity index (χ4v) is 4.62. The van der Waals surface area contributed by atoms with Crippen LogP contribution < -0.4 is 4.72 Å². The first kappa shape index (κ1) is 13.5. The Hall–Kier alpha value is -2.11. The summed E-state index contributed by atoms with van der Waals surface area (Å²) in [5, 5.41) is 4.24. The molecule has 4 rings (SSSR count). The van der Waals surface area contributed by atoms with Gasteiger partial charge in [-0.2, -0.15) is 0 Å². The van der Waals surface area contributed by atoms with Crippen LogP contribution in [0.15, 0.2) is 54.6 Å². The Morgan fingerprint density at radius 1 is 0.864 bits per heavy atom. The van der Waals surface area contributed by atoms with Crippen molar-refractivity contribution < 1.29 is 8.42 Å². The van der Waals surface area contributed by atoms with Crippen molar-refractivity contribution in [3.8, 4) is 0 Å². The Bertz CT molecular complexity index is 1130. The fourth-order valence-electron chi connectivity index (χ4n) is 2.83. The summed E-state index contributed by atoms with van der Waals surface area (Å²) in [5.74, 6) is 0. The van der Waals surface area contributed by atoms with Crippen molar-refractivity contribution >= 4 is 58.0 Å². The molecule has 0 fully saturated rings. The van der Waals surface area contributed by atoms with Crippen molar-refractivity contribution in [1.82, 2.24) is 0 Å². The predicted molar refractivity (Wildman–Crippen MR) is 95.3 cm³/mol. The molecule has 22 heavy (non-hydrogen) atoms. The minimum absolute atomic E-state index is 0.633. The largest absolute Gasteiger partial charge is 0.283 e. The molecule has 0 atom stereocenters. The lowest BCUT2D eigenvalue weighted by Gasteiger charge is -2.09. The Morgan fingerprint density at radius 3 is 2.23 bits per heavy atom. The average molecular weight is 327 g/mol. The van der Waals surface area contributed by atoms with Crippen LogP contribution in [0.4, 0.5) is 5.69 Å². The van der Waals surface area contributed by atoms with E-state index in [2.05, 4.69) is 16.9 Å². The third-order valence-electron chi connectivity index (χ3n) is 3.68. The number of thiophene rings is 1. The van der Waals surface area contributed by atoms with Gasteiger partial charge in [-0.15, -0.1) is 11.3 Å². The molecule has 3 aromatic carbocycles. The van der Waals surface area contributed by atoms with Crippen LogP contribution >= 0.6 is 11.3 Å². The van der Waals surface area contributed by atoms with Gasteiger partial charge in [-0.05, 0) is 12.1 Å². The van der Waals surface area contributed by atoms with E-state index in [-0.39, 0.29) is 0 Å². The van der Waals surface area contributed by atoms with Gasteiger partial charge in [0.25, 0.3) is 0 Å². The SMILES string of the molecule is CS(=O)(=O)Nc1cc2c3ccccc3sc2c2ccccc12. The monoisotopic (exact) mass is 327 g/mol. The van der Waals surface area contributed by atoms with Crippen molar-refractivity contribution in [1.29, 1.82) is 0 Å². The van der Waals surface area contributed by atoms with E-state index in [0.717, 1.165) is 21.5 Å². The van der Waals surface area contributed by atoms with Crippen molar-refractivity contribution in [2.45, 2.75) is 0 Å². The highest BCUT2D eigenvalue weighted by Crippen LogP contribution is 2.41. The van der Waals surface area contributed by atoms with Crippen molar-refractivity contribution in [2.24, 2.45) is 0 Å². The van der Waals surface area contributed by atoms with Crippen LogP contribution in [-0.2, 0) is 10.0 Å². The van der Waals surface area contributed by atoms with Crippen molar-refractivity contribution in [2.75, 3.05) is 11.0 Å². The summed E-state index contributed by atoms with van der Waals surface area (Å²) in [7, 11) is -3.32. The van der Waals surface area contributed by atoms with Crippen molar-refractivity contribution in [3.05, 3.63) is 54.6 Å². The van der Waals surface area contributed by atoms with E-state index >= 15 is 0 Å². The molecule has 0 spiro atoms. The number of fused-ring (bicyclic) bond motifs is 5. The molecule has 110 valence electrons. The Labute approximate surface area is 132 Å². The first-order valence-electron chi connectivity index (χ1n) is 6.84. The Balaban J connectivity index is 2.20. The number of hydrogen-bond donors (Lipinski definition) is 1. The molecule has 0 amide bonds. The highest BCUT2D eigenvalue weighted by Gasteiger charge is 2.13. The van der Waals surface area contributed by atoms with E-state index < -0.39 is 10.0 Å². The number of nitrogens with one attached hydrogen (secondary N) is 1. The molecule has 0 bridgehead atoms. The molecule has 0 aliphatic rings. The van der Waals surface area contributed by atoms with Crippen LogP contribution in [-0.4, -0.2) is 14.7 Å². The zero-order valence-corrected chi connectivity index (χ0v) is 13.5. The molecule has 0 radical (unpaired) electrons. The topological polar surface area (TPSA) is 46.2 Å². The Morgan fingerprint density at radius 2 is 1.50 bits per heavy atom. The summed E-state index contributed by atoms with van der Waals surface area (Å²) in [6.07, 6.45) is 1.18. The van der Waals surface area contributed by atoms with Gasteiger partial charge in [0.2, 0.25) is 10.0 Å². The normalized spacial score (nSPS) is 12.2. The molecule has 0 saturated heterocycles. The summed E-state index contributed by atoms with van der Waals surface area (Å²) < 4.78 is 28.4. The highest BCUT2D eigenvalue weighted by molar-refractivity contribution is 7.92. The third-order valence-corrected chi connectivity index (χ3v) is 5.49. The van der Waals surface area contributed by atoms with Gasteiger partial charge in [0, 0.05) is 30.9 Å². The van der Waals surface area contributed by atoms with Crippen LogP contribution in [0.1, 0.15) is 0 Å². The zero-order chi connectivity index (χ0) is 15.3. The number of sulfonamides is 1. The molecule has 0 unspecified atom stereocenters. The molecule has 0 saturated carbocycles. The van der Waals surface area contributed by atoms with E-state index in [0.29, 0.717) is 5.69 Å². The van der Waals surface area contributed by atoms with Crippen molar-refractivity contribution in [3.63, 3.8) is 0 Å². The average Bonchev–Trinajstić information content (AvgIpc) is 2.85. The zero-order valence-electron chi connectivity index (χ0n) is 11.8. The lowest BCUT2D eigenvalue weighted by molar-refractivity contribution is 0.607. The van der Waals surface area contributed by atoms with Crippen LogP contribution in [0.5, 0.6) is 0 Å². The van der Waals surface area contributed by atoms with Gasteiger partial charge in [0.05, 0.1) is 11.9 Å². The number of benzene rings is 3. The molecule has 4 aromatic rings. The molecule has 5 heteroatoms. The smallest absolute Gasteiger partial charge is 0.229 e. The second-order valence-electron chi connectivity index (χ2n) is 5.32. The second-order valence-corrected chi connectivity index (χ2v) is 8.12. The number of anilines is 1. The van der Waals surface area contributed by atoms with Gasteiger partial charge in [-0.3, -0.25) is 4.72 Å². The molecule has 0 aliphatic heterocycles. The maximum absolute atomic E-state index is 11.7. The van der Waals surface area contributed by atoms with E-state index in [1.54, 1.807) is 11.3 Å². The first-order valence-corrected chi connectivity index (χ1v) is 9.54. The molecule has 1 N–H and O–H groups in total. The minimum Gasteiger partial charge on any atom is -0.283 e.